The number of carbonyl (C=O) groups excluding carboxylic acids is 1. The van der Waals surface area contributed by atoms with Crippen molar-refractivity contribution in [2.24, 2.45) is 0 Å². The molecule has 2 amide bonds. The Morgan fingerprint density at radius 1 is 0.692 bits per heavy atom. The minimum Gasteiger partial charge on any atom is -0.478 e. The van der Waals surface area contributed by atoms with E-state index >= 15 is 0 Å². The Bertz CT molecular complexity index is 891. The number of ether oxygens (including phenoxy) is 1. The van der Waals surface area contributed by atoms with Crippen LogP contribution in [0, 0.1) is 0 Å². The van der Waals surface area contributed by atoms with Gasteiger partial charge in [-0.2, -0.15) is 0 Å². The van der Waals surface area contributed by atoms with E-state index in [-0.39, 0.29) is 5.56 Å². The van der Waals surface area contributed by atoms with Gasteiger partial charge in [-0.3, -0.25) is 0 Å². The van der Waals surface area contributed by atoms with Gasteiger partial charge in [0, 0.05) is 11.4 Å². The molecule has 0 aliphatic rings. The maximum absolute atomic E-state index is 12.0. The monoisotopic (exact) mass is 348 g/mol. The summed E-state index contributed by atoms with van der Waals surface area (Å²) in [5.74, 6) is 0.376. The molecule has 0 aromatic heterocycles. The Hall–Kier alpha value is -3.80. The molecular formula is C20H16N2O4. The maximum Gasteiger partial charge on any atom is 0.335 e. The van der Waals surface area contributed by atoms with Gasteiger partial charge in [0.2, 0.25) is 0 Å². The first-order valence-electron chi connectivity index (χ1n) is 7.84. The number of carboxylic acid groups (broad SMARTS) is 1. The van der Waals surface area contributed by atoms with Gasteiger partial charge in [0.15, 0.2) is 0 Å². The van der Waals surface area contributed by atoms with Crippen molar-refractivity contribution >= 4 is 23.4 Å². The van der Waals surface area contributed by atoms with Gasteiger partial charge in [0.25, 0.3) is 0 Å². The van der Waals surface area contributed by atoms with E-state index in [1.807, 2.05) is 30.3 Å². The van der Waals surface area contributed by atoms with Crippen LogP contribution in [-0.2, 0) is 0 Å². The van der Waals surface area contributed by atoms with Crippen LogP contribution in [0.1, 0.15) is 10.4 Å². The van der Waals surface area contributed by atoms with Crippen LogP contribution in [-0.4, -0.2) is 17.1 Å². The molecular weight excluding hydrogens is 332 g/mol. The quantitative estimate of drug-likeness (QED) is 0.617. The topological polar surface area (TPSA) is 87.7 Å². The number of anilines is 2. The molecule has 6 nitrogen and oxygen atoms in total. The van der Waals surface area contributed by atoms with Crippen molar-refractivity contribution in [1.29, 1.82) is 0 Å². The molecule has 26 heavy (non-hydrogen) atoms. The number of rotatable bonds is 5. The summed E-state index contributed by atoms with van der Waals surface area (Å²) in [5.41, 5.74) is 1.26. The van der Waals surface area contributed by atoms with Gasteiger partial charge in [0.05, 0.1) is 5.56 Å². The summed E-state index contributed by atoms with van der Waals surface area (Å²) < 4.78 is 5.69. The van der Waals surface area contributed by atoms with Crippen LogP contribution in [0.5, 0.6) is 11.5 Å². The van der Waals surface area contributed by atoms with Gasteiger partial charge >= 0.3 is 12.0 Å². The molecule has 0 spiro atoms. The van der Waals surface area contributed by atoms with Crippen LogP contribution >= 0.6 is 0 Å². The average molecular weight is 348 g/mol. The maximum atomic E-state index is 12.0. The number of carbonyl (C=O) groups is 2. The Kier molecular flexibility index (Phi) is 5.14. The summed E-state index contributed by atoms with van der Waals surface area (Å²) in [5, 5.41) is 14.2. The molecule has 0 heterocycles. The highest BCUT2D eigenvalue weighted by Crippen LogP contribution is 2.22. The highest BCUT2D eigenvalue weighted by molar-refractivity contribution is 6.00. The lowest BCUT2D eigenvalue weighted by Gasteiger charge is -2.09. The number of hydrogen-bond acceptors (Lipinski definition) is 3. The lowest BCUT2D eigenvalue weighted by Crippen LogP contribution is -2.19. The smallest absolute Gasteiger partial charge is 0.335 e. The minimum absolute atomic E-state index is 0.157. The second kappa shape index (κ2) is 7.85. The Morgan fingerprint density at radius 3 is 1.73 bits per heavy atom. The van der Waals surface area contributed by atoms with E-state index in [9.17, 15) is 9.59 Å². The van der Waals surface area contributed by atoms with Crippen LogP contribution < -0.4 is 15.4 Å². The Morgan fingerprint density at radius 2 is 1.19 bits per heavy atom. The first-order chi connectivity index (χ1) is 12.6. The van der Waals surface area contributed by atoms with Gasteiger partial charge < -0.3 is 20.5 Å². The summed E-state index contributed by atoms with van der Waals surface area (Å²) in [7, 11) is 0. The van der Waals surface area contributed by atoms with E-state index in [1.165, 1.54) is 24.3 Å². The fraction of sp³-hybridized carbons (Fsp3) is 0. The lowest BCUT2D eigenvalue weighted by molar-refractivity contribution is 0.0697. The van der Waals surface area contributed by atoms with E-state index in [0.717, 1.165) is 5.75 Å². The van der Waals surface area contributed by atoms with Crippen LogP contribution in [0.3, 0.4) is 0 Å². The zero-order valence-corrected chi connectivity index (χ0v) is 13.7. The van der Waals surface area contributed by atoms with Crippen molar-refractivity contribution in [3.05, 3.63) is 84.4 Å². The Labute approximate surface area is 150 Å². The molecule has 0 fully saturated rings. The lowest BCUT2D eigenvalue weighted by atomic mass is 10.2. The van der Waals surface area contributed by atoms with Crippen LogP contribution in [0.2, 0.25) is 0 Å². The van der Waals surface area contributed by atoms with E-state index in [1.54, 1.807) is 24.3 Å². The SMILES string of the molecule is O=C(Nc1ccc(Oc2ccccc2)cc1)Nc1ccc(C(=O)O)cc1. The molecule has 0 saturated heterocycles. The van der Waals surface area contributed by atoms with Gasteiger partial charge in [-0.25, -0.2) is 9.59 Å². The molecule has 130 valence electrons. The van der Waals surface area contributed by atoms with Gasteiger partial charge in [-0.05, 0) is 60.7 Å². The number of urea groups is 1. The molecule has 3 rings (SSSR count). The summed E-state index contributed by atoms with van der Waals surface area (Å²) in [6.07, 6.45) is 0. The first kappa shape index (κ1) is 17.0. The summed E-state index contributed by atoms with van der Waals surface area (Å²) in [6.45, 7) is 0. The number of aromatic carboxylic acids is 1. The molecule has 6 heteroatoms. The molecule has 3 aromatic rings. The summed E-state index contributed by atoms with van der Waals surface area (Å²) >= 11 is 0. The molecule has 0 aliphatic heterocycles. The number of carboxylic acids is 1. The molecule has 0 bridgehead atoms. The van der Waals surface area contributed by atoms with Gasteiger partial charge in [-0.1, -0.05) is 18.2 Å². The fourth-order valence-corrected chi connectivity index (χ4v) is 2.22. The predicted molar refractivity (Wildman–Crippen MR) is 99.0 cm³/mol. The van der Waals surface area contributed by atoms with E-state index < -0.39 is 12.0 Å². The number of amides is 2. The third-order valence-electron chi connectivity index (χ3n) is 3.48. The van der Waals surface area contributed by atoms with Crippen LogP contribution in [0.15, 0.2) is 78.9 Å². The third kappa shape index (κ3) is 4.61. The van der Waals surface area contributed by atoms with E-state index in [4.69, 9.17) is 9.84 Å². The first-order valence-corrected chi connectivity index (χ1v) is 7.84. The van der Waals surface area contributed by atoms with Gasteiger partial charge in [0.1, 0.15) is 11.5 Å². The zero-order valence-electron chi connectivity index (χ0n) is 13.7. The molecule has 0 saturated carbocycles. The zero-order chi connectivity index (χ0) is 18.4. The number of hydrogen-bond donors (Lipinski definition) is 3. The Balaban J connectivity index is 1.56. The van der Waals surface area contributed by atoms with Crippen molar-refractivity contribution in [1.82, 2.24) is 0 Å². The second-order valence-corrected chi connectivity index (χ2v) is 5.40. The summed E-state index contributed by atoms with van der Waals surface area (Å²) in [6, 6.07) is 21.8. The number of nitrogens with one attached hydrogen (secondary N) is 2. The number of benzene rings is 3. The van der Waals surface area contributed by atoms with Crippen molar-refractivity contribution in [3.8, 4) is 11.5 Å². The normalized spacial score (nSPS) is 10.0. The summed E-state index contributed by atoms with van der Waals surface area (Å²) in [4.78, 5) is 22.8. The molecule has 0 aliphatic carbocycles. The fourth-order valence-electron chi connectivity index (χ4n) is 2.22. The van der Waals surface area contributed by atoms with Gasteiger partial charge in [-0.15, -0.1) is 0 Å². The van der Waals surface area contributed by atoms with Crippen molar-refractivity contribution in [3.63, 3.8) is 0 Å². The van der Waals surface area contributed by atoms with Crippen molar-refractivity contribution < 1.29 is 19.4 Å². The molecule has 3 aromatic carbocycles. The predicted octanol–water partition coefficient (Wildman–Crippen LogP) is 4.82. The van der Waals surface area contributed by atoms with Crippen molar-refractivity contribution in [2.75, 3.05) is 10.6 Å². The highest BCUT2D eigenvalue weighted by Gasteiger charge is 2.05. The van der Waals surface area contributed by atoms with Crippen LogP contribution in [0.25, 0.3) is 0 Å². The van der Waals surface area contributed by atoms with Crippen molar-refractivity contribution in [2.45, 2.75) is 0 Å². The molecule has 0 unspecified atom stereocenters. The molecule has 0 radical (unpaired) electrons. The second-order valence-electron chi connectivity index (χ2n) is 5.40. The number of para-hydroxylation sites is 1. The average Bonchev–Trinajstić information content (AvgIpc) is 2.64. The molecule has 3 N–H and O–H groups in total. The largest absolute Gasteiger partial charge is 0.478 e. The third-order valence-corrected chi connectivity index (χ3v) is 3.48. The highest BCUT2D eigenvalue weighted by atomic mass is 16.5. The van der Waals surface area contributed by atoms with E-state index in [2.05, 4.69) is 10.6 Å². The van der Waals surface area contributed by atoms with Crippen LogP contribution in [0.4, 0.5) is 16.2 Å². The minimum atomic E-state index is -1.01. The standard InChI is InChI=1S/C20H16N2O4/c23-19(24)14-6-8-15(9-7-14)21-20(25)22-16-10-12-18(13-11-16)26-17-4-2-1-3-5-17/h1-13H,(H,23,24)(H2,21,22,25). The molecule has 0 atom stereocenters. The van der Waals surface area contributed by atoms with E-state index in [0.29, 0.717) is 17.1 Å².